The molecule has 0 radical (unpaired) electrons. The molecule has 5 heteroatoms. The Kier molecular flexibility index (Phi) is 6.60. The highest BCUT2D eigenvalue weighted by molar-refractivity contribution is 5.84. The molecule has 3 rings (SSSR count). The molecule has 1 heterocycles. The molecule has 1 aliphatic rings. The Balaban J connectivity index is 1.43. The Bertz CT molecular complexity index is 741. The fourth-order valence-electron chi connectivity index (χ4n) is 3.28. The van der Waals surface area contributed by atoms with Crippen molar-refractivity contribution in [3.63, 3.8) is 0 Å². The van der Waals surface area contributed by atoms with E-state index in [0.29, 0.717) is 13.1 Å². The number of hydrogen-bond acceptors (Lipinski definition) is 4. The lowest BCUT2D eigenvalue weighted by molar-refractivity contribution is -0.159. The van der Waals surface area contributed by atoms with Gasteiger partial charge in [0.25, 0.3) is 5.91 Å². The first-order valence-electron chi connectivity index (χ1n) is 9.40. The topological polar surface area (TPSA) is 49.9 Å². The zero-order valence-corrected chi connectivity index (χ0v) is 15.7. The summed E-state index contributed by atoms with van der Waals surface area (Å²) in [5, 5.41) is 0. The summed E-state index contributed by atoms with van der Waals surface area (Å²) in [5.41, 5.74) is 2.16. The minimum atomic E-state index is -0.748. The maximum atomic E-state index is 12.6. The fourth-order valence-corrected chi connectivity index (χ4v) is 3.28. The number of esters is 1. The largest absolute Gasteiger partial charge is 0.452 e. The number of hydrogen-bond donors (Lipinski definition) is 0. The van der Waals surface area contributed by atoms with Crippen LogP contribution in [-0.2, 0) is 27.3 Å². The lowest BCUT2D eigenvalue weighted by atomic mass is 10.1. The quantitative estimate of drug-likeness (QED) is 0.737. The van der Waals surface area contributed by atoms with Crippen molar-refractivity contribution in [3.05, 3.63) is 71.8 Å². The van der Waals surface area contributed by atoms with E-state index in [9.17, 15) is 9.59 Å². The zero-order valence-electron chi connectivity index (χ0n) is 15.7. The molecule has 142 valence electrons. The van der Waals surface area contributed by atoms with Gasteiger partial charge in [0.05, 0.1) is 6.42 Å². The van der Waals surface area contributed by atoms with Crippen LogP contribution in [0.2, 0.25) is 0 Å². The minimum Gasteiger partial charge on any atom is -0.452 e. The van der Waals surface area contributed by atoms with E-state index in [-0.39, 0.29) is 18.3 Å². The third kappa shape index (κ3) is 5.66. The van der Waals surface area contributed by atoms with Gasteiger partial charge in [0.15, 0.2) is 6.10 Å². The average Bonchev–Trinajstić information content (AvgIpc) is 2.69. The molecule has 1 atom stereocenters. The predicted octanol–water partition coefficient (Wildman–Crippen LogP) is 2.51. The normalized spacial score (nSPS) is 16.0. The maximum Gasteiger partial charge on any atom is 0.311 e. The summed E-state index contributed by atoms with van der Waals surface area (Å²) in [6.45, 7) is 5.52. The van der Waals surface area contributed by atoms with Crippen LogP contribution in [0.5, 0.6) is 0 Å². The van der Waals surface area contributed by atoms with Gasteiger partial charge in [-0.3, -0.25) is 14.5 Å². The molecule has 0 aliphatic carbocycles. The number of carbonyl (C=O) groups is 2. The van der Waals surface area contributed by atoms with Crippen LogP contribution in [0, 0.1) is 0 Å². The summed E-state index contributed by atoms with van der Waals surface area (Å²) < 4.78 is 5.35. The minimum absolute atomic E-state index is 0.115. The molecular weight excluding hydrogens is 340 g/mol. The first-order chi connectivity index (χ1) is 13.1. The second-order valence-corrected chi connectivity index (χ2v) is 6.88. The SMILES string of the molecule is CC(OC(=O)Cc1ccccc1)C(=O)N1CCN(Cc2ccccc2)CC1. The second-order valence-electron chi connectivity index (χ2n) is 6.88. The van der Waals surface area contributed by atoms with E-state index in [0.717, 1.165) is 25.2 Å². The molecule has 2 aromatic rings. The monoisotopic (exact) mass is 366 g/mol. The number of rotatable bonds is 6. The molecule has 1 unspecified atom stereocenters. The first-order valence-corrected chi connectivity index (χ1v) is 9.40. The highest BCUT2D eigenvalue weighted by Crippen LogP contribution is 2.11. The van der Waals surface area contributed by atoms with Crippen LogP contribution < -0.4 is 0 Å². The molecule has 1 aliphatic heterocycles. The molecule has 0 bridgehead atoms. The first kappa shape index (κ1) is 19.1. The third-order valence-corrected chi connectivity index (χ3v) is 4.78. The Hall–Kier alpha value is -2.66. The van der Waals surface area contributed by atoms with Crippen molar-refractivity contribution >= 4 is 11.9 Å². The Labute approximate surface area is 160 Å². The van der Waals surface area contributed by atoms with E-state index < -0.39 is 6.10 Å². The standard InChI is InChI=1S/C22H26N2O3/c1-18(27-21(25)16-19-8-4-2-5-9-19)22(26)24-14-12-23(13-15-24)17-20-10-6-3-7-11-20/h2-11,18H,12-17H2,1H3. The van der Waals surface area contributed by atoms with Gasteiger partial charge in [0.1, 0.15) is 0 Å². The number of nitrogens with zero attached hydrogens (tertiary/aromatic N) is 2. The van der Waals surface area contributed by atoms with Crippen molar-refractivity contribution in [2.24, 2.45) is 0 Å². The smallest absolute Gasteiger partial charge is 0.311 e. The van der Waals surface area contributed by atoms with Crippen LogP contribution in [0.3, 0.4) is 0 Å². The molecule has 0 N–H and O–H groups in total. The molecule has 1 saturated heterocycles. The molecule has 1 fully saturated rings. The number of benzene rings is 2. The molecule has 2 aromatic carbocycles. The molecule has 27 heavy (non-hydrogen) atoms. The molecule has 5 nitrogen and oxygen atoms in total. The highest BCUT2D eigenvalue weighted by atomic mass is 16.5. The summed E-state index contributed by atoms with van der Waals surface area (Å²) in [7, 11) is 0. The molecule has 1 amide bonds. The van der Waals surface area contributed by atoms with Crippen molar-refractivity contribution in [1.29, 1.82) is 0 Å². The Morgan fingerprint density at radius 1 is 0.889 bits per heavy atom. The molecule has 0 saturated carbocycles. The van der Waals surface area contributed by atoms with Crippen LogP contribution >= 0.6 is 0 Å². The highest BCUT2D eigenvalue weighted by Gasteiger charge is 2.27. The molecule has 0 aromatic heterocycles. The van der Waals surface area contributed by atoms with Crippen molar-refractivity contribution < 1.29 is 14.3 Å². The average molecular weight is 366 g/mol. The fraction of sp³-hybridized carbons (Fsp3) is 0.364. The van der Waals surface area contributed by atoms with E-state index in [1.165, 1.54) is 5.56 Å². The summed E-state index contributed by atoms with van der Waals surface area (Å²) in [6.07, 6.45) is -0.564. The van der Waals surface area contributed by atoms with Crippen molar-refractivity contribution in [1.82, 2.24) is 9.80 Å². The lowest BCUT2D eigenvalue weighted by Gasteiger charge is -2.35. The summed E-state index contributed by atoms with van der Waals surface area (Å²) >= 11 is 0. The number of amides is 1. The summed E-state index contributed by atoms with van der Waals surface area (Å²) in [4.78, 5) is 28.8. The van der Waals surface area contributed by atoms with Crippen molar-refractivity contribution in [2.45, 2.75) is 26.0 Å². The van der Waals surface area contributed by atoms with Crippen molar-refractivity contribution in [2.75, 3.05) is 26.2 Å². The zero-order chi connectivity index (χ0) is 19.1. The predicted molar refractivity (Wildman–Crippen MR) is 104 cm³/mol. The number of ether oxygens (including phenoxy) is 1. The van der Waals surface area contributed by atoms with Gasteiger partial charge in [-0.25, -0.2) is 0 Å². The van der Waals surface area contributed by atoms with E-state index in [1.807, 2.05) is 48.5 Å². The van der Waals surface area contributed by atoms with E-state index in [1.54, 1.807) is 11.8 Å². The van der Waals surface area contributed by atoms with Crippen molar-refractivity contribution in [3.8, 4) is 0 Å². The van der Waals surface area contributed by atoms with Crippen LogP contribution in [0.15, 0.2) is 60.7 Å². The third-order valence-electron chi connectivity index (χ3n) is 4.78. The summed E-state index contributed by atoms with van der Waals surface area (Å²) in [5.74, 6) is -0.486. The van der Waals surface area contributed by atoms with Crippen LogP contribution in [0.1, 0.15) is 18.1 Å². The van der Waals surface area contributed by atoms with Gasteiger partial charge in [-0.1, -0.05) is 60.7 Å². The van der Waals surface area contributed by atoms with Gasteiger partial charge < -0.3 is 9.64 Å². The number of carbonyl (C=O) groups excluding carboxylic acids is 2. The van der Waals surface area contributed by atoms with Gasteiger partial charge in [-0.2, -0.15) is 0 Å². The second kappa shape index (κ2) is 9.33. The van der Waals surface area contributed by atoms with Gasteiger partial charge in [-0.15, -0.1) is 0 Å². The van der Waals surface area contributed by atoms with Crippen LogP contribution in [0.4, 0.5) is 0 Å². The summed E-state index contributed by atoms with van der Waals surface area (Å²) in [6, 6.07) is 19.7. The Morgan fingerprint density at radius 3 is 2.04 bits per heavy atom. The van der Waals surface area contributed by atoms with E-state index in [2.05, 4.69) is 17.0 Å². The van der Waals surface area contributed by atoms with E-state index >= 15 is 0 Å². The van der Waals surface area contributed by atoms with Gasteiger partial charge in [-0.05, 0) is 18.1 Å². The number of piperazine rings is 1. The van der Waals surface area contributed by atoms with Gasteiger partial charge in [0.2, 0.25) is 0 Å². The van der Waals surface area contributed by atoms with Gasteiger partial charge in [0, 0.05) is 32.7 Å². The Morgan fingerprint density at radius 2 is 1.44 bits per heavy atom. The van der Waals surface area contributed by atoms with E-state index in [4.69, 9.17) is 4.74 Å². The maximum absolute atomic E-state index is 12.6. The molecule has 0 spiro atoms. The molecular formula is C22H26N2O3. The lowest BCUT2D eigenvalue weighted by Crippen LogP contribution is -2.51. The van der Waals surface area contributed by atoms with Crippen LogP contribution in [-0.4, -0.2) is 54.0 Å². The van der Waals surface area contributed by atoms with Gasteiger partial charge >= 0.3 is 5.97 Å². The van der Waals surface area contributed by atoms with Crippen LogP contribution in [0.25, 0.3) is 0 Å².